The first-order valence-corrected chi connectivity index (χ1v) is 13.3. The standard InChI is InChI=1S/C30H31FN6O2/c1-19-6-8-21(9-7-19)18-39-28-11-10-23(31)14-24(28)20(2)34-29-12-13-36-30(35-29)25(16-33-36)22-15-32-37(17-22)26-4-3-5-27(26)38/h6-17,20,26-27,38H,3-5,18H2,1-2H3,(H,34,35). The van der Waals surface area contributed by atoms with Crippen LogP contribution < -0.4 is 10.1 Å². The van der Waals surface area contributed by atoms with Crippen LogP contribution in [0.4, 0.5) is 10.2 Å². The smallest absolute Gasteiger partial charge is 0.165 e. The highest BCUT2D eigenvalue weighted by Crippen LogP contribution is 2.33. The lowest BCUT2D eigenvalue weighted by atomic mass is 10.1. The first-order valence-electron chi connectivity index (χ1n) is 13.3. The molecule has 2 N–H and O–H groups in total. The molecule has 1 saturated carbocycles. The van der Waals surface area contributed by atoms with Crippen LogP contribution in [-0.2, 0) is 6.61 Å². The maximum Gasteiger partial charge on any atom is 0.165 e. The summed E-state index contributed by atoms with van der Waals surface area (Å²) < 4.78 is 23.9. The largest absolute Gasteiger partial charge is 0.489 e. The summed E-state index contributed by atoms with van der Waals surface area (Å²) >= 11 is 0. The second-order valence-electron chi connectivity index (χ2n) is 10.2. The summed E-state index contributed by atoms with van der Waals surface area (Å²) in [5, 5.41) is 22.6. The van der Waals surface area contributed by atoms with Crippen molar-refractivity contribution >= 4 is 11.5 Å². The first-order chi connectivity index (χ1) is 18.9. The van der Waals surface area contributed by atoms with E-state index in [1.807, 2.05) is 61.3 Å². The van der Waals surface area contributed by atoms with Gasteiger partial charge in [-0.3, -0.25) is 4.68 Å². The molecule has 6 rings (SSSR count). The van der Waals surface area contributed by atoms with Crippen molar-refractivity contribution in [1.82, 2.24) is 24.4 Å². The number of aromatic nitrogens is 5. The Hall–Kier alpha value is -4.24. The van der Waals surface area contributed by atoms with Crippen LogP contribution >= 0.6 is 0 Å². The first kappa shape index (κ1) is 25.1. The average Bonchev–Trinajstić information content (AvgIpc) is 3.68. The normalized spacial score (nSPS) is 17.9. The van der Waals surface area contributed by atoms with Gasteiger partial charge >= 0.3 is 0 Å². The van der Waals surface area contributed by atoms with Crippen molar-refractivity contribution in [3.8, 4) is 16.9 Å². The summed E-state index contributed by atoms with van der Waals surface area (Å²) in [5.41, 5.74) is 5.34. The molecule has 8 nitrogen and oxygen atoms in total. The molecule has 0 aliphatic heterocycles. The maximum atomic E-state index is 14.3. The van der Waals surface area contributed by atoms with Gasteiger partial charge in [0.25, 0.3) is 0 Å². The summed E-state index contributed by atoms with van der Waals surface area (Å²) in [6.07, 6.45) is 9.69. The number of aliphatic hydroxyl groups excluding tert-OH is 1. The fourth-order valence-electron chi connectivity index (χ4n) is 5.17. The summed E-state index contributed by atoms with van der Waals surface area (Å²) in [4.78, 5) is 4.82. The minimum atomic E-state index is -0.370. The minimum Gasteiger partial charge on any atom is -0.489 e. The van der Waals surface area contributed by atoms with Gasteiger partial charge in [0, 0.05) is 29.1 Å². The van der Waals surface area contributed by atoms with Crippen LogP contribution in [0.15, 0.2) is 73.3 Å². The second kappa shape index (κ2) is 10.5. The number of aliphatic hydroxyl groups is 1. The number of hydrogen-bond acceptors (Lipinski definition) is 6. The fourth-order valence-corrected chi connectivity index (χ4v) is 5.17. The molecule has 1 aliphatic rings. The van der Waals surface area contributed by atoms with E-state index in [-0.39, 0.29) is 24.0 Å². The van der Waals surface area contributed by atoms with E-state index in [1.54, 1.807) is 23.0 Å². The van der Waals surface area contributed by atoms with Gasteiger partial charge in [-0.25, -0.2) is 13.9 Å². The molecule has 200 valence electrons. The van der Waals surface area contributed by atoms with Crippen molar-refractivity contribution in [1.29, 1.82) is 0 Å². The Bertz CT molecular complexity index is 1600. The molecule has 3 unspecified atom stereocenters. The van der Waals surface area contributed by atoms with E-state index in [1.165, 1.54) is 17.7 Å². The molecule has 39 heavy (non-hydrogen) atoms. The molecule has 9 heteroatoms. The molecule has 1 fully saturated rings. The quantitative estimate of drug-likeness (QED) is 0.263. The van der Waals surface area contributed by atoms with Gasteiger partial charge in [0.05, 0.1) is 30.6 Å². The lowest BCUT2D eigenvalue weighted by molar-refractivity contribution is 0.130. The van der Waals surface area contributed by atoms with Gasteiger partial charge in [-0.15, -0.1) is 0 Å². The molecule has 0 bridgehead atoms. The van der Waals surface area contributed by atoms with Crippen LogP contribution in [0.1, 0.15) is 55.0 Å². The molecule has 3 heterocycles. The predicted molar refractivity (Wildman–Crippen MR) is 147 cm³/mol. The number of nitrogens with one attached hydrogen (secondary N) is 1. The molecule has 5 aromatic rings. The lowest BCUT2D eigenvalue weighted by Crippen LogP contribution is -2.18. The molecule has 3 atom stereocenters. The van der Waals surface area contributed by atoms with Crippen LogP contribution in [0.3, 0.4) is 0 Å². The summed E-state index contributed by atoms with van der Waals surface area (Å²) in [6.45, 7) is 4.39. The molecule has 1 aliphatic carbocycles. The zero-order valence-corrected chi connectivity index (χ0v) is 22.0. The Labute approximate surface area is 226 Å². The topological polar surface area (TPSA) is 89.5 Å². The van der Waals surface area contributed by atoms with Gasteiger partial charge in [-0.05, 0) is 62.9 Å². The van der Waals surface area contributed by atoms with Crippen molar-refractivity contribution in [2.75, 3.05) is 5.32 Å². The fraction of sp³-hybridized carbons (Fsp3) is 0.300. The van der Waals surface area contributed by atoms with Gasteiger partial charge in [0.15, 0.2) is 5.65 Å². The highest BCUT2D eigenvalue weighted by atomic mass is 19.1. The Kier molecular flexibility index (Phi) is 6.74. The van der Waals surface area contributed by atoms with E-state index < -0.39 is 0 Å². The Morgan fingerprint density at radius 3 is 2.74 bits per heavy atom. The Morgan fingerprint density at radius 2 is 1.95 bits per heavy atom. The Balaban J connectivity index is 1.23. The van der Waals surface area contributed by atoms with Crippen LogP contribution in [0.5, 0.6) is 5.75 Å². The number of ether oxygens (including phenoxy) is 1. The maximum absolute atomic E-state index is 14.3. The molecular weight excluding hydrogens is 495 g/mol. The number of anilines is 1. The van der Waals surface area contributed by atoms with Crippen molar-refractivity contribution in [2.45, 2.75) is 57.9 Å². The number of halogens is 1. The van der Waals surface area contributed by atoms with Crippen LogP contribution in [0.25, 0.3) is 16.8 Å². The third kappa shape index (κ3) is 5.22. The van der Waals surface area contributed by atoms with E-state index in [9.17, 15) is 9.50 Å². The second-order valence-corrected chi connectivity index (χ2v) is 10.2. The Morgan fingerprint density at radius 1 is 1.10 bits per heavy atom. The van der Waals surface area contributed by atoms with Gasteiger partial charge in [-0.1, -0.05) is 29.8 Å². The zero-order valence-electron chi connectivity index (χ0n) is 22.0. The molecule has 0 amide bonds. The predicted octanol–water partition coefficient (Wildman–Crippen LogP) is 5.88. The van der Waals surface area contributed by atoms with Gasteiger partial charge in [0.1, 0.15) is 24.0 Å². The molecule has 2 aromatic carbocycles. The molecule has 3 aromatic heterocycles. The highest BCUT2D eigenvalue weighted by Gasteiger charge is 2.27. The molecule has 0 spiro atoms. The monoisotopic (exact) mass is 526 g/mol. The van der Waals surface area contributed by atoms with E-state index in [2.05, 4.69) is 15.5 Å². The molecule has 0 saturated heterocycles. The van der Waals surface area contributed by atoms with Gasteiger partial charge < -0.3 is 15.2 Å². The summed E-state index contributed by atoms with van der Waals surface area (Å²) in [6, 6.07) is 14.3. The van der Waals surface area contributed by atoms with E-state index >= 15 is 0 Å². The third-order valence-electron chi connectivity index (χ3n) is 7.38. The number of hydrogen-bond donors (Lipinski definition) is 2. The number of nitrogens with zero attached hydrogens (tertiary/aromatic N) is 5. The van der Waals surface area contributed by atoms with Crippen LogP contribution in [0, 0.1) is 12.7 Å². The number of rotatable bonds is 8. The molecule has 0 radical (unpaired) electrons. The van der Waals surface area contributed by atoms with Crippen LogP contribution in [0.2, 0.25) is 0 Å². The minimum absolute atomic E-state index is 0.000292. The number of benzene rings is 2. The number of aryl methyl sites for hydroxylation is 1. The van der Waals surface area contributed by atoms with Gasteiger partial charge in [-0.2, -0.15) is 10.2 Å². The highest BCUT2D eigenvalue weighted by molar-refractivity contribution is 5.77. The van der Waals surface area contributed by atoms with Crippen molar-refractivity contribution < 1.29 is 14.2 Å². The van der Waals surface area contributed by atoms with E-state index in [0.717, 1.165) is 36.0 Å². The van der Waals surface area contributed by atoms with Gasteiger partial charge in [0.2, 0.25) is 0 Å². The molecular formula is C30H31FN6O2. The van der Waals surface area contributed by atoms with Crippen molar-refractivity contribution in [3.63, 3.8) is 0 Å². The van der Waals surface area contributed by atoms with E-state index in [0.29, 0.717) is 29.4 Å². The van der Waals surface area contributed by atoms with Crippen molar-refractivity contribution in [3.05, 3.63) is 95.8 Å². The number of fused-ring (bicyclic) bond motifs is 1. The SMILES string of the molecule is Cc1ccc(COc2ccc(F)cc2C(C)Nc2ccn3ncc(-c4cnn(C5CCCC5O)c4)c3n2)cc1. The average molecular weight is 527 g/mol. The van der Waals surface area contributed by atoms with Crippen molar-refractivity contribution in [2.24, 2.45) is 0 Å². The zero-order chi connectivity index (χ0) is 26.9. The summed E-state index contributed by atoms with van der Waals surface area (Å²) in [7, 11) is 0. The van der Waals surface area contributed by atoms with Crippen LogP contribution in [-0.4, -0.2) is 35.6 Å². The third-order valence-corrected chi connectivity index (χ3v) is 7.38. The van der Waals surface area contributed by atoms with E-state index in [4.69, 9.17) is 9.72 Å². The lowest BCUT2D eigenvalue weighted by Gasteiger charge is -2.19. The summed E-state index contributed by atoms with van der Waals surface area (Å²) in [5.74, 6) is 0.918.